The Morgan fingerprint density at radius 3 is 0.810 bits per heavy atom. The second-order valence-corrected chi connectivity index (χ2v) is 9.99. The third-order valence-corrected chi connectivity index (χ3v) is 3.25. The van der Waals surface area contributed by atoms with Gasteiger partial charge in [0, 0.05) is 19.3 Å². The van der Waals surface area contributed by atoms with Crippen LogP contribution in [-0.2, 0) is 14.2 Å². The molecule has 0 aliphatic carbocycles. The van der Waals surface area contributed by atoms with Crippen LogP contribution in [0, 0.1) is 16.2 Å². The molecule has 0 atom stereocenters. The third-order valence-electron chi connectivity index (χ3n) is 3.25. The molecule has 1 saturated heterocycles. The van der Waals surface area contributed by atoms with E-state index in [1.165, 1.54) is 0 Å². The van der Waals surface area contributed by atoms with Crippen LogP contribution in [0.4, 0.5) is 0 Å². The zero-order valence-electron chi connectivity index (χ0n) is 15.6. The lowest BCUT2D eigenvalue weighted by atomic mass is 9.90. The van der Waals surface area contributed by atoms with Crippen molar-refractivity contribution in [1.29, 1.82) is 0 Å². The van der Waals surface area contributed by atoms with E-state index in [2.05, 4.69) is 62.3 Å². The minimum absolute atomic E-state index is 0.168. The zero-order chi connectivity index (χ0) is 16.5. The number of rotatable bonds is 3. The van der Waals surface area contributed by atoms with Crippen LogP contribution in [0.5, 0.6) is 0 Å². The summed E-state index contributed by atoms with van der Waals surface area (Å²) in [6, 6.07) is 0. The molecule has 3 nitrogen and oxygen atoms in total. The van der Waals surface area contributed by atoms with Gasteiger partial charge in [-0.05, 0) is 16.2 Å². The molecule has 1 aliphatic heterocycles. The summed E-state index contributed by atoms with van der Waals surface area (Å²) in [6.45, 7) is 19.9. The molecule has 1 aliphatic rings. The van der Waals surface area contributed by atoms with E-state index in [1.54, 1.807) is 0 Å². The molecule has 21 heavy (non-hydrogen) atoms. The van der Waals surface area contributed by atoms with E-state index in [9.17, 15) is 0 Å². The molecule has 0 N–H and O–H groups in total. The topological polar surface area (TPSA) is 27.7 Å². The maximum atomic E-state index is 6.04. The van der Waals surface area contributed by atoms with E-state index in [4.69, 9.17) is 14.2 Å². The van der Waals surface area contributed by atoms with Crippen LogP contribution in [0.1, 0.15) is 81.6 Å². The second kappa shape index (κ2) is 6.55. The van der Waals surface area contributed by atoms with Crippen molar-refractivity contribution in [3.63, 3.8) is 0 Å². The van der Waals surface area contributed by atoms with Gasteiger partial charge in [-0.15, -0.1) is 0 Å². The molecule has 1 fully saturated rings. The summed E-state index contributed by atoms with van der Waals surface area (Å²) >= 11 is 0. The smallest absolute Gasteiger partial charge is 0.164 e. The molecule has 3 heteroatoms. The Kier molecular flexibility index (Phi) is 5.91. The highest BCUT2D eigenvalue weighted by Crippen LogP contribution is 2.35. The molecule has 1 rings (SSSR count). The molecule has 0 aromatic heterocycles. The van der Waals surface area contributed by atoms with Crippen LogP contribution in [0.25, 0.3) is 0 Å². The van der Waals surface area contributed by atoms with E-state index in [-0.39, 0.29) is 35.1 Å². The van der Waals surface area contributed by atoms with E-state index in [0.717, 1.165) is 19.3 Å². The molecule has 0 spiro atoms. The van der Waals surface area contributed by atoms with Crippen molar-refractivity contribution in [3.05, 3.63) is 0 Å². The Morgan fingerprint density at radius 1 is 0.476 bits per heavy atom. The number of ether oxygens (including phenoxy) is 3. The first kappa shape index (κ1) is 18.9. The lowest BCUT2D eigenvalue weighted by Gasteiger charge is -2.41. The summed E-state index contributed by atoms with van der Waals surface area (Å²) in [5, 5.41) is 0. The van der Waals surface area contributed by atoms with Crippen molar-refractivity contribution in [2.24, 2.45) is 16.2 Å². The standard InChI is InChI=1S/C18H36O3/c1-16(2,3)10-13-19-14(11-17(4,5)6)21-15(20-13)12-18(7,8)9/h13-15H,10-12H2,1-9H3. The van der Waals surface area contributed by atoms with Crippen molar-refractivity contribution in [2.45, 2.75) is 100 Å². The molecule has 0 saturated carbocycles. The van der Waals surface area contributed by atoms with Gasteiger partial charge in [-0.3, -0.25) is 0 Å². The Labute approximate surface area is 131 Å². The first-order chi connectivity index (χ1) is 9.23. The fourth-order valence-electron chi connectivity index (χ4n) is 2.39. The first-order valence-corrected chi connectivity index (χ1v) is 8.20. The van der Waals surface area contributed by atoms with Gasteiger partial charge in [0.1, 0.15) is 0 Å². The molecule has 0 amide bonds. The fraction of sp³-hybridized carbons (Fsp3) is 1.00. The van der Waals surface area contributed by atoms with Gasteiger partial charge in [0.2, 0.25) is 0 Å². The summed E-state index contributed by atoms with van der Waals surface area (Å²) in [5.74, 6) is 0. The Bertz CT molecular complexity index is 259. The largest absolute Gasteiger partial charge is 0.324 e. The van der Waals surface area contributed by atoms with Crippen LogP contribution in [0.2, 0.25) is 0 Å². The number of hydrogen-bond donors (Lipinski definition) is 0. The van der Waals surface area contributed by atoms with Crippen LogP contribution < -0.4 is 0 Å². The highest BCUT2D eigenvalue weighted by Gasteiger charge is 2.36. The van der Waals surface area contributed by atoms with Gasteiger partial charge in [0.15, 0.2) is 18.9 Å². The lowest BCUT2D eigenvalue weighted by molar-refractivity contribution is -0.395. The van der Waals surface area contributed by atoms with Crippen molar-refractivity contribution >= 4 is 0 Å². The summed E-state index contributed by atoms with van der Waals surface area (Å²) in [4.78, 5) is 0. The third kappa shape index (κ3) is 8.80. The summed E-state index contributed by atoms with van der Waals surface area (Å²) in [7, 11) is 0. The molecule has 0 bridgehead atoms. The first-order valence-electron chi connectivity index (χ1n) is 8.20. The van der Waals surface area contributed by atoms with E-state index >= 15 is 0 Å². The van der Waals surface area contributed by atoms with Crippen LogP contribution in [0.3, 0.4) is 0 Å². The van der Waals surface area contributed by atoms with Crippen molar-refractivity contribution in [2.75, 3.05) is 0 Å². The van der Waals surface area contributed by atoms with E-state index in [0.29, 0.717) is 0 Å². The summed E-state index contributed by atoms with van der Waals surface area (Å²) < 4.78 is 18.1. The van der Waals surface area contributed by atoms with E-state index in [1.807, 2.05) is 0 Å². The molecular formula is C18H36O3. The van der Waals surface area contributed by atoms with Gasteiger partial charge < -0.3 is 14.2 Å². The Morgan fingerprint density at radius 2 is 0.667 bits per heavy atom. The van der Waals surface area contributed by atoms with Gasteiger partial charge in [0.25, 0.3) is 0 Å². The molecule has 0 aromatic rings. The quantitative estimate of drug-likeness (QED) is 0.704. The second-order valence-electron chi connectivity index (χ2n) is 9.99. The Balaban J connectivity index is 2.73. The predicted molar refractivity (Wildman–Crippen MR) is 86.8 cm³/mol. The van der Waals surface area contributed by atoms with Crippen molar-refractivity contribution in [3.8, 4) is 0 Å². The molecule has 0 radical (unpaired) electrons. The SMILES string of the molecule is CC(C)(C)CC1OC(CC(C)(C)C)OC(CC(C)(C)C)O1. The molecular weight excluding hydrogens is 264 g/mol. The summed E-state index contributed by atoms with van der Waals surface area (Å²) in [6.07, 6.45) is 2.16. The number of hydrogen-bond acceptors (Lipinski definition) is 3. The van der Waals surface area contributed by atoms with E-state index < -0.39 is 0 Å². The van der Waals surface area contributed by atoms with Gasteiger partial charge >= 0.3 is 0 Å². The average molecular weight is 300 g/mol. The summed E-state index contributed by atoms with van der Waals surface area (Å²) in [5.41, 5.74) is 0.543. The average Bonchev–Trinajstić information content (AvgIpc) is 2.06. The van der Waals surface area contributed by atoms with Gasteiger partial charge in [0.05, 0.1) is 0 Å². The van der Waals surface area contributed by atoms with Crippen molar-refractivity contribution in [1.82, 2.24) is 0 Å². The maximum absolute atomic E-state index is 6.04. The minimum Gasteiger partial charge on any atom is -0.324 e. The lowest BCUT2D eigenvalue weighted by Crippen LogP contribution is -2.44. The normalized spacial score (nSPS) is 28.7. The highest BCUT2D eigenvalue weighted by molar-refractivity contribution is 4.73. The predicted octanol–water partition coefficient (Wildman–Crippen LogP) is 5.34. The monoisotopic (exact) mass is 300 g/mol. The minimum atomic E-state index is -0.168. The van der Waals surface area contributed by atoms with Crippen LogP contribution >= 0.6 is 0 Å². The fourth-order valence-corrected chi connectivity index (χ4v) is 2.39. The Hall–Kier alpha value is -0.120. The van der Waals surface area contributed by atoms with Crippen molar-refractivity contribution < 1.29 is 14.2 Å². The van der Waals surface area contributed by atoms with Crippen LogP contribution in [-0.4, -0.2) is 18.9 Å². The van der Waals surface area contributed by atoms with Gasteiger partial charge in [-0.1, -0.05) is 62.3 Å². The highest BCUT2D eigenvalue weighted by atomic mass is 16.9. The molecule has 1 heterocycles. The van der Waals surface area contributed by atoms with Crippen LogP contribution in [0.15, 0.2) is 0 Å². The zero-order valence-corrected chi connectivity index (χ0v) is 15.6. The van der Waals surface area contributed by atoms with Gasteiger partial charge in [-0.2, -0.15) is 0 Å². The maximum Gasteiger partial charge on any atom is 0.164 e. The molecule has 0 unspecified atom stereocenters. The van der Waals surface area contributed by atoms with Gasteiger partial charge in [-0.25, -0.2) is 0 Å². The molecule has 0 aromatic carbocycles. The molecule has 126 valence electrons.